The van der Waals surface area contributed by atoms with E-state index in [4.69, 9.17) is 0 Å². The van der Waals surface area contributed by atoms with Gasteiger partial charge < -0.3 is 16.0 Å². The van der Waals surface area contributed by atoms with E-state index < -0.39 is 0 Å². The Morgan fingerprint density at radius 1 is 1.35 bits per heavy atom. The fourth-order valence-electron chi connectivity index (χ4n) is 2.07. The summed E-state index contributed by atoms with van der Waals surface area (Å²) in [6, 6.07) is 8.10. The lowest BCUT2D eigenvalue weighted by Gasteiger charge is -2.24. The molecule has 2 rings (SSSR count). The van der Waals surface area contributed by atoms with E-state index in [9.17, 15) is 4.79 Å². The topological polar surface area (TPSA) is 53.2 Å². The predicted molar refractivity (Wildman–Crippen MR) is 69.3 cm³/mol. The van der Waals surface area contributed by atoms with E-state index in [-0.39, 0.29) is 5.91 Å². The van der Waals surface area contributed by atoms with Gasteiger partial charge >= 0.3 is 0 Å². The molecule has 1 amide bonds. The van der Waals surface area contributed by atoms with Crippen LogP contribution in [0.4, 0.5) is 5.69 Å². The lowest BCUT2D eigenvalue weighted by Crippen LogP contribution is -2.38. The number of amides is 1. The van der Waals surface area contributed by atoms with E-state index in [1.165, 1.54) is 12.8 Å². The van der Waals surface area contributed by atoms with Crippen molar-refractivity contribution in [2.75, 3.05) is 25.5 Å². The first-order valence-electron chi connectivity index (χ1n) is 6.09. The molecule has 4 heteroatoms. The molecular weight excluding hydrogens is 214 g/mol. The summed E-state index contributed by atoms with van der Waals surface area (Å²) in [6.45, 7) is 2.13. The number of hydrogen-bond donors (Lipinski definition) is 3. The van der Waals surface area contributed by atoms with Crippen LogP contribution >= 0.6 is 0 Å². The van der Waals surface area contributed by atoms with Crippen LogP contribution in [0.15, 0.2) is 24.3 Å². The first kappa shape index (κ1) is 11.9. The predicted octanol–water partition coefficient (Wildman–Crippen LogP) is 1.21. The molecule has 0 saturated carbocycles. The van der Waals surface area contributed by atoms with E-state index in [2.05, 4.69) is 16.0 Å². The summed E-state index contributed by atoms with van der Waals surface area (Å²) in [7, 11) is 1.64. The maximum absolute atomic E-state index is 11.4. The van der Waals surface area contributed by atoms with Crippen molar-refractivity contribution in [2.45, 2.75) is 18.9 Å². The molecule has 1 aromatic carbocycles. The average molecular weight is 233 g/mol. The molecule has 3 N–H and O–H groups in total. The second-order valence-corrected chi connectivity index (χ2v) is 4.34. The molecule has 1 heterocycles. The van der Waals surface area contributed by atoms with Gasteiger partial charge in [0.2, 0.25) is 0 Å². The van der Waals surface area contributed by atoms with Crippen LogP contribution in [0.5, 0.6) is 0 Å². The van der Waals surface area contributed by atoms with Gasteiger partial charge in [-0.3, -0.25) is 4.79 Å². The van der Waals surface area contributed by atoms with E-state index in [0.29, 0.717) is 11.6 Å². The molecule has 0 radical (unpaired) electrons. The van der Waals surface area contributed by atoms with Gasteiger partial charge in [0, 0.05) is 30.9 Å². The molecule has 1 fully saturated rings. The van der Waals surface area contributed by atoms with Gasteiger partial charge in [0.1, 0.15) is 0 Å². The van der Waals surface area contributed by atoms with Crippen LogP contribution in [0.3, 0.4) is 0 Å². The summed E-state index contributed by atoms with van der Waals surface area (Å²) >= 11 is 0. The van der Waals surface area contributed by atoms with Crippen LogP contribution in [0.2, 0.25) is 0 Å². The molecule has 17 heavy (non-hydrogen) atoms. The lowest BCUT2D eigenvalue weighted by molar-refractivity contribution is 0.0963. The molecule has 1 atom stereocenters. The van der Waals surface area contributed by atoms with Gasteiger partial charge in [-0.1, -0.05) is 0 Å². The van der Waals surface area contributed by atoms with Crippen LogP contribution in [0, 0.1) is 0 Å². The van der Waals surface area contributed by atoms with E-state index in [1.807, 2.05) is 24.3 Å². The van der Waals surface area contributed by atoms with Crippen LogP contribution < -0.4 is 16.0 Å². The van der Waals surface area contributed by atoms with Gasteiger partial charge in [-0.15, -0.1) is 0 Å². The van der Waals surface area contributed by atoms with Crippen molar-refractivity contribution in [3.63, 3.8) is 0 Å². The molecule has 0 aliphatic carbocycles. The highest BCUT2D eigenvalue weighted by atomic mass is 16.1. The third-order valence-electron chi connectivity index (χ3n) is 3.04. The normalized spacial score (nSPS) is 19.7. The summed E-state index contributed by atoms with van der Waals surface area (Å²) in [6.07, 6.45) is 2.41. The molecule has 1 saturated heterocycles. The van der Waals surface area contributed by atoms with Crippen LogP contribution in [-0.4, -0.2) is 32.1 Å². The maximum atomic E-state index is 11.4. The summed E-state index contributed by atoms with van der Waals surface area (Å²) < 4.78 is 0. The molecule has 1 aromatic rings. The quantitative estimate of drug-likeness (QED) is 0.735. The highest BCUT2D eigenvalue weighted by Gasteiger charge is 2.12. The van der Waals surface area contributed by atoms with Gasteiger partial charge in [-0.25, -0.2) is 0 Å². The second-order valence-electron chi connectivity index (χ2n) is 4.34. The van der Waals surface area contributed by atoms with Gasteiger partial charge in [0.25, 0.3) is 5.91 Å². The molecule has 1 aliphatic rings. The number of rotatable bonds is 3. The van der Waals surface area contributed by atoms with Gasteiger partial charge in [0.15, 0.2) is 0 Å². The van der Waals surface area contributed by atoms with E-state index in [1.54, 1.807) is 7.05 Å². The summed E-state index contributed by atoms with van der Waals surface area (Å²) in [5.41, 5.74) is 1.77. The fraction of sp³-hybridized carbons (Fsp3) is 0.462. The Balaban J connectivity index is 1.95. The monoisotopic (exact) mass is 233 g/mol. The van der Waals surface area contributed by atoms with Crippen molar-refractivity contribution in [2.24, 2.45) is 0 Å². The minimum absolute atomic E-state index is 0.0455. The molecule has 0 aromatic heterocycles. The third-order valence-corrected chi connectivity index (χ3v) is 3.04. The number of carbonyl (C=O) groups excluding carboxylic acids is 1. The largest absolute Gasteiger partial charge is 0.381 e. The highest BCUT2D eigenvalue weighted by Crippen LogP contribution is 2.13. The van der Waals surface area contributed by atoms with Crippen molar-refractivity contribution in [3.05, 3.63) is 29.8 Å². The summed E-state index contributed by atoms with van der Waals surface area (Å²) in [4.78, 5) is 11.4. The van der Waals surface area contributed by atoms with Crippen molar-refractivity contribution in [1.29, 1.82) is 0 Å². The van der Waals surface area contributed by atoms with Crippen molar-refractivity contribution < 1.29 is 4.79 Å². The first-order chi connectivity index (χ1) is 8.29. The molecule has 92 valence electrons. The number of carbonyl (C=O) groups is 1. The molecule has 1 unspecified atom stereocenters. The van der Waals surface area contributed by atoms with Crippen molar-refractivity contribution >= 4 is 11.6 Å². The summed E-state index contributed by atoms with van der Waals surface area (Å²) in [5, 5.41) is 9.45. The third kappa shape index (κ3) is 3.20. The Kier molecular flexibility index (Phi) is 3.98. The zero-order valence-electron chi connectivity index (χ0n) is 10.1. The van der Waals surface area contributed by atoms with E-state index in [0.717, 1.165) is 18.8 Å². The number of anilines is 1. The number of hydrogen-bond acceptors (Lipinski definition) is 3. The van der Waals surface area contributed by atoms with Crippen molar-refractivity contribution in [3.8, 4) is 0 Å². The minimum Gasteiger partial charge on any atom is -0.381 e. The molecule has 0 spiro atoms. The number of nitrogens with one attached hydrogen (secondary N) is 3. The van der Waals surface area contributed by atoms with E-state index >= 15 is 0 Å². The first-order valence-corrected chi connectivity index (χ1v) is 6.09. The Morgan fingerprint density at radius 3 is 2.71 bits per heavy atom. The zero-order chi connectivity index (χ0) is 12.1. The number of benzene rings is 1. The Bertz CT molecular complexity index is 369. The molecular formula is C13H19N3O. The Morgan fingerprint density at radius 2 is 2.12 bits per heavy atom. The van der Waals surface area contributed by atoms with Crippen LogP contribution in [-0.2, 0) is 0 Å². The Labute approximate surface area is 102 Å². The molecule has 4 nitrogen and oxygen atoms in total. The summed E-state index contributed by atoms with van der Waals surface area (Å²) in [5.74, 6) is -0.0455. The minimum atomic E-state index is -0.0455. The fourth-order valence-corrected chi connectivity index (χ4v) is 2.07. The molecule has 1 aliphatic heterocycles. The van der Waals surface area contributed by atoms with Crippen LogP contribution in [0.1, 0.15) is 23.2 Å². The zero-order valence-corrected chi connectivity index (χ0v) is 10.1. The van der Waals surface area contributed by atoms with Gasteiger partial charge in [-0.05, 0) is 43.7 Å². The van der Waals surface area contributed by atoms with Gasteiger partial charge in [-0.2, -0.15) is 0 Å². The lowest BCUT2D eigenvalue weighted by atomic mass is 10.1. The maximum Gasteiger partial charge on any atom is 0.251 e. The standard InChI is InChI=1S/C13H19N3O/c1-14-13(17)10-4-6-11(7-5-10)16-12-3-2-8-15-9-12/h4-7,12,15-16H,2-3,8-9H2,1H3,(H,14,17). The van der Waals surface area contributed by atoms with Crippen molar-refractivity contribution in [1.82, 2.24) is 10.6 Å². The SMILES string of the molecule is CNC(=O)c1ccc(NC2CCCNC2)cc1. The number of piperidine rings is 1. The highest BCUT2D eigenvalue weighted by molar-refractivity contribution is 5.94. The second kappa shape index (κ2) is 5.68. The Hall–Kier alpha value is -1.55. The smallest absolute Gasteiger partial charge is 0.251 e. The van der Waals surface area contributed by atoms with Gasteiger partial charge in [0.05, 0.1) is 0 Å². The van der Waals surface area contributed by atoms with Crippen LogP contribution in [0.25, 0.3) is 0 Å². The molecule has 0 bridgehead atoms. The average Bonchev–Trinajstić information content (AvgIpc) is 2.40.